The minimum Gasteiger partial charge on any atom is -0.342 e. The fourth-order valence-electron chi connectivity index (χ4n) is 3.16. The van der Waals surface area contributed by atoms with E-state index in [1.165, 1.54) is 38.5 Å². The number of nitrogens with zero attached hydrogens (tertiary/aromatic N) is 1. The van der Waals surface area contributed by atoms with E-state index in [2.05, 4.69) is 31.4 Å². The molecule has 0 radical (unpaired) electrons. The van der Waals surface area contributed by atoms with Gasteiger partial charge < -0.3 is 4.90 Å². The predicted molar refractivity (Wildman–Crippen MR) is 81.2 cm³/mol. The van der Waals surface area contributed by atoms with E-state index in [0.717, 1.165) is 31.7 Å². The second-order valence-corrected chi connectivity index (χ2v) is 6.10. The monoisotopic (exact) mass is 271 g/mol. The summed E-state index contributed by atoms with van der Waals surface area (Å²) in [6, 6.07) is 0. The summed E-state index contributed by atoms with van der Waals surface area (Å²) in [5.74, 6) is 1.27. The van der Waals surface area contributed by atoms with Crippen LogP contribution in [-0.4, -0.2) is 29.6 Å². The summed E-state index contributed by atoms with van der Waals surface area (Å²) in [6.07, 6.45) is 8.95. The Morgan fingerprint density at radius 2 is 1.83 bits per heavy atom. The molecule has 0 unspecified atom stereocenters. The van der Waals surface area contributed by atoms with Crippen molar-refractivity contribution in [3.8, 4) is 0 Å². The Morgan fingerprint density at radius 1 is 1.17 bits per heavy atom. The first-order valence-electron chi connectivity index (χ1n) is 7.56. The normalized spacial score (nSPS) is 17.9. The van der Waals surface area contributed by atoms with Gasteiger partial charge in [0.2, 0.25) is 5.91 Å². The molecule has 0 aliphatic carbocycles. The van der Waals surface area contributed by atoms with Gasteiger partial charge in [-0.3, -0.25) is 4.79 Å². The van der Waals surface area contributed by atoms with Gasteiger partial charge in [0, 0.05) is 19.5 Å². The molecule has 3 heteroatoms. The van der Waals surface area contributed by atoms with Gasteiger partial charge in [-0.05, 0) is 36.9 Å². The van der Waals surface area contributed by atoms with Crippen LogP contribution in [0.4, 0.5) is 0 Å². The molecule has 0 aromatic heterocycles. The number of hydrogen-bond donors (Lipinski definition) is 1. The fourth-order valence-corrected chi connectivity index (χ4v) is 3.58. The summed E-state index contributed by atoms with van der Waals surface area (Å²) in [6.45, 7) is 6.36. The quantitative estimate of drug-likeness (QED) is 0.696. The van der Waals surface area contributed by atoms with Crippen molar-refractivity contribution >= 4 is 18.5 Å². The van der Waals surface area contributed by atoms with E-state index in [1.807, 2.05) is 0 Å². The third-order valence-corrected chi connectivity index (χ3v) is 4.76. The lowest BCUT2D eigenvalue weighted by atomic mass is 9.80. The van der Waals surface area contributed by atoms with Crippen LogP contribution < -0.4 is 0 Å². The van der Waals surface area contributed by atoms with Crippen LogP contribution in [0.5, 0.6) is 0 Å². The zero-order valence-electron chi connectivity index (χ0n) is 12.1. The summed E-state index contributed by atoms with van der Waals surface area (Å²) < 4.78 is 0. The van der Waals surface area contributed by atoms with Crippen molar-refractivity contribution in [2.24, 2.45) is 5.41 Å². The topological polar surface area (TPSA) is 20.3 Å². The standard InChI is InChI=1S/C15H29NOS/c1-3-9-15(13-18,10-4-2)12-16-11-7-5-6-8-14(16)17/h18H,3-13H2,1-2H3. The van der Waals surface area contributed by atoms with Crippen LogP contribution >= 0.6 is 12.6 Å². The number of carbonyl (C=O) groups is 1. The number of amides is 1. The van der Waals surface area contributed by atoms with Crippen LogP contribution in [0, 0.1) is 5.41 Å². The first-order chi connectivity index (χ1) is 8.67. The lowest BCUT2D eigenvalue weighted by Crippen LogP contribution is -2.42. The van der Waals surface area contributed by atoms with E-state index in [9.17, 15) is 4.79 Å². The summed E-state index contributed by atoms with van der Waals surface area (Å²) in [7, 11) is 0. The van der Waals surface area contributed by atoms with Crippen molar-refractivity contribution in [3.63, 3.8) is 0 Å². The van der Waals surface area contributed by atoms with E-state index < -0.39 is 0 Å². The molecule has 0 aromatic carbocycles. The highest BCUT2D eigenvalue weighted by molar-refractivity contribution is 7.80. The maximum Gasteiger partial charge on any atom is 0.222 e. The maximum absolute atomic E-state index is 12.1. The minimum atomic E-state index is 0.243. The Hall–Kier alpha value is -0.180. The molecule has 2 nitrogen and oxygen atoms in total. The number of carbonyl (C=O) groups excluding carboxylic acids is 1. The van der Waals surface area contributed by atoms with Gasteiger partial charge in [-0.1, -0.05) is 33.1 Å². The van der Waals surface area contributed by atoms with Crippen LogP contribution in [0.1, 0.15) is 65.2 Å². The van der Waals surface area contributed by atoms with Gasteiger partial charge in [0.05, 0.1) is 0 Å². The molecule has 0 saturated carbocycles. The Morgan fingerprint density at radius 3 is 2.39 bits per heavy atom. The summed E-state index contributed by atoms with van der Waals surface area (Å²) in [5, 5.41) is 0. The second-order valence-electron chi connectivity index (χ2n) is 5.78. The van der Waals surface area contributed by atoms with Gasteiger partial charge in [0.25, 0.3) is 0 Å². The Labute approximate surface area is 118 Å². The molecule has 1 aliphatic heterocycles. The van der Waals surface area contributed by atoms with Crippen molar-refractivity contribution < 1.29 is 4.79 Å². The molecule has 0 atom stereocenters. The van der Waals surface area contributed by atoms with E-state index in [4.69, 9.17) is 0 Å². The van der Waals surface area contributed by atoms with Gasteiger partial charge >= 0.3 is 0 Å². The highest BCUT2D eigenvalue weighted by Gasteiger charge is 2.31. The number of thiol groups is 1. The zero-order valence-corrected chi connectivity index (χ0v) is 13.0. The van der Waals surface area contributed by atoms with Crippen molar-refractivity contribution in [1.82, 2.24) is 4.90 Å². The van der Waals surface area contributed by atoms with Gasteiger partial charge in [-0.25, -0.2) is 0 Å². The number of likely N-dealkylation sites (tertiary alicyclic amines) is 1. The van der Waals surface area contributed by atoms with Gasteiger partial charge in [-0.15, -0.1) is 0 Å². The molecular formula is C15H29NOS. The largest absolute Gasteiger partial charge is 0.342 e. The SMILES string of the molecule is CCCC(CS)(CCC)CN1CCCCCC1=O. The fraction of sp³-hybridized carbons (Fsp3) is 0.933. The van der Waals surface area contributed by atoms with Crippen molar-refractivity contribution in [3.05, 3.63) is 0 Å². The van der Waals surface area contributed by atoms with Crippen LogP contribution in [0.2, 0.25) is 0 Å². The number of rotatable bonds is 7. The summed E-state index contributed by atoms with van der Waals surface area (Å²) in [5.41, 5.74) is 0.243. The molecule has 1 saturated heterocycles. The lowest BCUT2D eigenvalue weighted by molar-refractivity contribution is -0.132. The third-order valence-electron chi connectivity index (χ3n) is 4.09. The van der Waals surface area contributed by atoms with E-state index in [1.54, 1.807) is 0 Å². The molecule has 106 valence electrons. The van der Waals surface area contributed by atoms with E-state index >= 15 is 0 Å². The Balaban J connectivity index is 2.70. The first-order valence-corrected chi connectivity index (χ1v) is 8.19. The molecule has 1 rings (SSSR count). The third kappa shape index (κ3) is 4.49. The van der Waals surface area contributed by atoms with Crippen LogP contribution in [0.15, 0.2) is 0 Å². The van der Waals surface area contributed by atoms with Gasteiger partial charge in [0.1, 0.15) is 0 Å². The molecule has 1 aliphatic rings. The molecule has 0 aromatic rings. The first kappa shape index (κ1) is 15.9. The van der Waals surface area contributed by atoms with Crippen LogP contribution in [-0.2, 0) is 4.79 Å². The average Bonchev–Trinajstić information content (AvgIpc) is 2.55. The molecule has 1 amide bonds. The molecule has 0 N–H and O–H groups in total. The van der Waals surface area contributed by atoms with Crippen molar-refractivity contribution in [1.29, 1.82) is 0 Å². The van der Waals surface area contributed by atoms with Crippen LogP contribution in [0.3, 0.4) is 0 Å². The van der Waals surface area contributed by atoms with E-state index in [0.29, 0.717) is 5.91 Å². The van der Waals surface area contributed by atoms with E-state index in [-0.39, 0.29) is 5.41 Å². The molecule has 1 heterocycles. The Kier molecular flexibility index (Phi) is 7.13. The predicted octanol–water partition coefficient (Wildman–Crippen LogP) is 3.91. The zero-order chi connectivity index (χ0) is 13.4. The highest BCUT2D eigenvalue weighted by atomic mass is 32.1. The minimum absolute atomic E-state index is 0.243. The average molecular weight is 271 g/mol. The van der Waals surface area contributed by atoms with Crippen molar-refractivity contribution in [2.75, 3.05) is 18.8 Å². The molecule has 0 spiro atoms. The molecule has 18 heavy (non-hydrogen) atoms. The second kappa shape index (κ2) is 8.08. The molecular weight excluding hydrogens is 242 g/mol. The summed E-state index contributed by atoms with van der Waals surface area (Å²) >= 11 is 4.59. The lowest BCUT2D eigenvalue weighted by Gasteiger charge is -2.37. The van der Waals surface area contributed by atoms with Gasteiger partial charge in [0.15, 0.2) is 0 Å². The summed E-state index contributed by atoms with van der Waals surface area (Å²) in [4.78, 5) is 14.2. The smallest absolute Gasteiger partial charge is 0.222 e. The maximum atomic E-state index is 12.1. The highest BCUT2D eigenvalue weighted by Crippen LogP contribution is 2.33. The Bertz CT molecular complexity index is 249. The van der Waals surface area contributed by atoms with Crippen molar-refractivity contribution in [2.45, 2.75) is 65.2 Å². The van der Waals surface area contributed by atoms with Gasteiger partial charge in [-0.2, -0.15) is 12.6 Å². The molecule has 0 bridgehead atoms. The number of hydrogen-bond acceptors (Lipinski definition) is 2. The molecule has 1 fully saturated rings. The van der Waals surface area contributed by atoms with Crippen LogP contribution in [0.25, 0.3) is 0 Å².